The molecule has 2 aromatic carbocycles. The number of rotatable bonds is 4. The first-order valence-electron chi connectivity index (χ1n) is 8.84. The van der Waals surface area contributed by atoms with Crippen LogP contribution in [-0.4, -0.2) is 32.4 Å². The SMILES string of the molecule is COCCC1CC2(COC(N)=N2)c2cc(-c3cc(F)cc(Cl)c3)c(F)cc2O1. The molecule has 1 spiro atoms. The number of hydrogen-bond acceptors (Lipinski definition) is 5. The topological polar surface area (TPSA) is 66.1 Å². The summed E-state index contributed by atoms with van der Waals surface area (Å²) in [5.74, 6) is -0.714. The van der Waals surface area contributed by atoms with E-state index in [1.54, 1.807) is 13.2 Å². The van der Waals surface area contributed by atoms with Crippen molar-refractivity contribution in [2.45, 2.75) is 24.5 Å². The molecule has 0 bridgehead atoms. The van der Waals surface area contributed by atoms with Gasteiger partial charge in [0.25, 0.3) is 6.02 Å². The summed E-state index contributed by atoms with van der Waals surface area (Å²) in [6, 6.07) is 6.91. The lowest BCUT2D eigenvalue weighted by atomic mass is 9.81. The van der Waals surface area contributed by atoms with E-state index in [2.05, 4.69) is 4.99 Å². The quantitative estimate of drug-likeness (QED) is 0.830. The summed E-state index contributed by atoms with van der Waals surface area (Å²) in [6.45, 7) is 0.728. The van der Waals surface area contributed by atoms with Crippen LogP contribution >= 0.6 is 11.6 Å². The molecule has 2 aliphatic heterocycles. The lowest BCUT2D eigenvalue weighted by molar-refractivity contribution is 0.0739. The van der Waals surface area contributed by atoms with E-state index in [-0.39, 0.29) is 29.3 Å². The molecular weight excluding hydrogens is 390 g/mol. The summed E-state index contributed by atoms with van der Waals surface area (Å²) in [4.78, 5) is 4.51. The molecule has 8 heteroatoms. The Balaban J connectivity index is 1.83. The molecule has 148 valence electrons. The van der Waals surface area contributed by atoms with Crippen LogP contribution in [0.25, 0.3) is 11.1 Å². The van der Waals surface area contributed by atoms with Gasteiger partial charge in [0.15, 0.2) is 0 Å². The van der Waals surface area contributed by atoms with E-state index >= 15 is 0 Å². The van der Waals surface area contributed by atoms with Gasteiger partial charge in [-0.2, -0.15) is 0 Å². The highest BCUT2D eigenvalue weighted by molar-refractivity contribution is 6.30. The molecule has 0 aromatic heterocycles. The molecule has 2 heterocycles. The molecule has 0 radical (unpaired) electrons. The second kappa shape index (κ2) is 7.22. The van der Waals surface area contributed by atoms with Gasteiger partial charge in [0.1, 0.15) is 35.6 Å². The first kappa shape index (κ1) is 19.0. The summed E-state index contributed by atoms with van der Waals surface area (Å²) in [6.07, 6.45) is 0.911. The minimum atomic E-state index is -0.782. The maximum atomic E-state index is 14.9. The number of halogens is 3. The Morgan fingerprint density at radius 3 is 2.79 bits per heavy atom. The number of fused-ring (bicyclic) bond motifs is 2. The third-order valence-corrected chi connectivity index (χ3v) is 5.25. The minimum Gasteiger partial charge on any atom is -0.490 e. The van der Waals surface area contributed by atoms with Gasteiger partial charge < -0.3 is 19.9 Å². The maximum absolute atomic E-state index is 14.9. The van der Waals surface area contributed by atoms with Crippen LogP contribution in [-0.2, 0) is 15.0 Å². The second-order valence-electron chi connectivity index (χ2n) is 6.98. The third kappa shape index (κ3) is 3.40. The van der Waals surface area contributed by atoms with Crippen LogP contribution in [0, 0.1) is 11.6 Å². The summed E-state index contributed by atoms with van der Waals surface area (Å²) in [5.41, 5.74) is 6.19. The van der Waals surface area contributed by atoms with Crippen molar-refractivity contribution in [1.82, 2.24) is 0 Å². The van der Waals surface area contributed by atoms with Crippen molar-refractivity contribution in [1.29, 1.82) is 0 Å². The molecule has 2 aliphatic rings. The monoisotopic (exact) mass is 408 g/mol. The standard InChI is InChI=1S/C20H19ClF2N2O3/c1-26-3-2-14-9-20(10-27-19(24)25-20)16-7-15(17(23)8-18(16)28-14)11-4-12(21)6-13(22)5-11/h4-8,14H,2-3,9-10H2,1H3,(H2,24,25). The van der Waals surface area contributed by atoms with Crippen LogP contribution in [0.1, 0.15) is 18.4 Å². The van der Waals surface area contributed by atoms with E-state index in [0.29, 0.717) is 36.3 Å². The van der Waals surface area contributed by atoms with Crippen LogP contribution in [0.4, 0.5) is 8.78 Å². The Morgan fingerprint density at radius 2 is 2.11 bits per heavy atom. The lowest BCUT2D eigenvalue weighted by Crippen LogP contribution is -2.39. The molecule has 0 saturated heterocycles. The van der Waals surface area contributed by atoms with E-state index in [0.717, 1.165) is 0 Å². The van der Waals surface area contributed by atoms with Gasteiger partial charge >= 0.3 is 0 Å². The fourth-order valence-electron chi connectivity index (χ4n) is 3.78. The number of hydrogen-bond donors (Lipinski definition) is 1. The van der Waals surface area contributed by atoms with Gasteiger partial charge in [-0.15, -0.1) is 0 Å². The zero-order valence-electron chi connectivity index (χ0n) is 15.2. The van der Waals surface area contributed by atoms with Crippen LogP contribution < -0.4 is 10.5 Å². The number of amidine groups is 1. The van der Waals surface area contributed by atoms with Gasteiger partial charge in [0.2, 0.25) is 0 Å². The molecule has 0 fully saturated rings. The van der Waals surface area contributed by atoms with Gasteiger partial charge in [-0.1, -0.05) is 11.6 Å². The van der Waals surface area contributed by atoms with Gasteiger partial charge in [-0.3, -0.25) is 0 Å². The zero-order valence-corrected chi connectivity index (χ0v) is 15.9. The van der Waals surface area contributed by atoms with Crippen molar-refractivity contribution in [2.75, 3.05) is 20.3 Å². The average molecular weight is 409 g/mol. The van der Waals surface area contributed by atoms with Gasteiger partial charge in [0.05, 0.1) is 0 Å². The van der Waals surface area contributed by atoms with Crippen LogP contribution in [0.5, 0.6) is 5.75 Å². The normalized spacial score (nSPS) is 23.1. The van der Waals surface area contributed by atoms with Crippen molar-refractivity contribution >= 4 is 17.6 Å². The van der Waals surface area contributed by atoms with Crippen LogP contribution in [0.2, 0.25) is 5.02 Å². The second-order valence-corrected chi connectivity index (χ2v) is 7.42. The van der Waals surface area contributed by atoms with Gasteiger partial charge in [-0.25, -0.2) is 13.8 Å². The molecule has 0 aliphatic carbocycles. The number of ether oxygens (including phenoxy) is 3. The van der Waals surface area contributed by atoms with E-state index < -0.39 is 17.2 Å². The molecule has 2 N–H and O–H groups in total. The van der Waals surface area contributed by atoms with Crippen LogP contribution in [0.15, 0.2) is 35.3 Å². The predicted molar refractivity (Wildman–Crippen MR) is 102 cm³/mol. The molecule has 5 nitrogen and oxygen atoms in total. The average Bonchev–Trinajstić information content (AvgIpc) is 2.99. The van der Waals surface area contributed by atoms with Crippen LogP contribution in [0.3, 0.4) is 0 Å². The fourth-order valence-corrected chi connectivity index (χ4v) is 4.00. The highest BCUT2D eigenvalue weighted by Gasteiger charge is 2.46. The highest BCUT2D eigenvalue weighted by Crippen LogP contribution is 2.47. The van der Waals surface area contributed by atoms with Crippen molar-refractivity contribution < 1.29 is 23.0 Å². The van der Waals surface area contributed by atoms with Crippen molar-refractivity contribution in [2.24, 2.45) is 10.7 Å². The molecular formula is C20H19ClF2N2O3. The molecule has 2 aromatic rings. The molecule has 2 unspecified atom stereocenters. The zero-order chi connectivity index (χ0) is 19.9. The Labute approximate surface area is 166 Å². The summed E-state index contributed by atoms with van der Waals surface area (Å²) in [7, 11) is 1.61. The first-order valence-corrected chi connectivity index (χ1v) is 9.22. The summed E-state index contributed by atoms with van der Waals surface area (Å²) < 4.78 is 45.3. The smallest absolute Gasteiger partial charge is 0.283 e. The Morgan fingerprint density at radius 1 is 1.29 bits per heavy atom. The fraction of sp³-hybridized carbons (Fsp3) is 0.350. The van der Waals surface area contributed by atoms with Crippen molar-refractivity contribution in [3.05, 3.63) is 52.6 Å². The first-order chi connectivity index (χ1) is 13.4. The minimum absolute atomic E-state index is 0.0815. The number of methoxy groups -OCH3 is 1. The predicted octanol–water partition coefficient (Wildman–Crippen LogP) is 4.01. The van der Waals surface area contributed by atoms with E-state index in [1.807, 2.05) is 0 Å². The molecule has 0 saturated carbocycles. The summed E-state index contributed by atoms with van der Waals surface area (Å²) >= 11 is 5.95. The third-order valence-electron chi connectivity index (χ3n) is 5.03. The number of nitrogens with zero attached hydrogens (tertiary/aromatic N) is 1. The Bertz CT molecular complexity index is 933. The van der Waals surface area contributed by atoms with E-state index in [9.17, 15) is 8.78 Å². The largest absolute Gasteiger partial charge is 0.490 e. The van der Waals surface area contributed by atoms with Crippen molar-refractivity contribution in [3.8, 4) is 16.9 Å². The highest BCUT2D eigenvalue weighted by atomic mass is 35.5. The molecule has 4 rings (SSSR count). The molecule has 2 atom stereocenters. The Hall–Kier alpha value is -2.38. The van der Waals surface area contributed by atoms with E-state index in [1.165, 1.54) is 24.3 Å². The van der Waals surface area contributed by atoms with Gasteiger partial charge in [-0.05, 0) is 29.8 Å². The maximum Gasteiger partial charge on any atom is 0.283 e. The van der Waals surface area contributed by atoms with Crippen molar-refractivity contribution in [3.63, 3.8) is 0 Å². The Kier molecular flexibility index (Phi) is 4.89. The molecule has 28 heavy (non-hydrogen) atoms. The number of benzene rings is 2. The van der Waals surface area contributed by atoms with Gasteiger partial charge in [0, 0.05) is 48.8 Å². The molecule has 0 amide bonds. The number of aliphatic imine (C=N–C) groups is 1. The lowest BCUT2D eigenvalue weighted by Gasteiger charge is -2.37. The van der Waals surface area contributed by atoms with E-state index in [4.69, 9.17) is 31.5 Å². The number of nitrogens with two attached hydrogens (primary N) is 1. The summed E-state index contributed by atoms with van der Waals surface area (Å²) in [5, 5.41) is 0.184.